The highest BCUT2D eigenvalue weighted by Crippen LogP contribution is 2.68. The van der Waals surface area contributed by atoms with E-state index in [1.54, 1.807) is 0 Å². The third-order valence-electron chi connectivity index (χ3n) is 17.9. The lowest BCUT2D eigenvalue weighted by Crippen LogP contribution is -2.68. The predicted octanol–water partition coefficient (Wildman–Crippen LogP) is 6.33. The quantitative estimate of drug-likeness (QED) is 0.0961. The maximum absolute atomic E-state index is 13.0. The Morgan fingerprint density at radius 3 is 1.76 bits per heavy atom. The van der Waals surface area contributed by atoms with Crippen LogP contribution < -0.4 is 4.84 Å². The summed E-state index contributed by atoms with van der Waals surface area (Å²) in [5, 5.41) is 8.45. The Kier molecular flexibility index (Phi) is 20.3. The van der Waals surface area contributed by atoms with Crippen molar-refractivity contribution < 1.29 is 90.5 Å². The molecule has 1 aromatic heterocycles. The van der Waals surface area contributed by atoms with E-state index in [1.807, 2.05) is 0 Å². The van der Waals surface area contributed by atoms with Gasteiger partial charge in [0.2, 0.25) is 6.10 Å². The minimum atomic E-state index is -1.83. The lowest BCUT2D eigenvalue weighted by molar-refractivity contribution is -0.361. The van der Waals surface area contributed by atoms with Crippen molar-refractivity contribution in [1.29, 1.82) is 0 Å². The van der Waals surface area contributed by atoms with Gasteiger partial charge in [-0.1, -0.05) is 58.7 Å². The normalized spacial score (nSPS) is 36.6. The minimum Gasteiger partial charge on any atom is -0.463 e. The molecule has 4 aliphatic carbocycles. The summed E-state index contributed by atoms with van der Waals surface area (Å²) in [6.45, 7) is 19.0. The molecule has 0 amide bonds. The third kappa shape index (κ3) is 14.5. The van der Waals surface area contributed by atoms with E-state index in [9.17, 15) is 33.6 Å². The number of hydrogen-bond donors (Lipinski definition) is 0. The second-order valence-corrected chi connectivity index (χ2v) is 23.8. The van der Waals surface area contributed by atoms with Crippen molar-refractivity contribution in [2.75, 3.05) is 13.2 Å². The van der Waals surface area contributed by atoms with E-state index in [0.717, 1.165) is 108 Å². The first-order valence-corrected chi connectivity index (χ1v) is 28.2. The number of carbonyl (C=O) groups is 7. The molecule has 0 aromatic carbocycles. The molecule has 3 heterocycles. The van der Waals surface area contributed by atoms with E-state index in [2.05, 4.69) is 44.9 Å². The van der Waals surface area contributed by atoms with E-state index in [0.29, 0.717) is 17.0 Å². The average molecular weight is 1100 g/mol. The number of nitrogens with zero attached hydrogens (tertiary/aromatic N) is 3. The lowest BCUT2D eigenvalue weighted by atomic mass is 9.44. The highest BCUT2D eigenvalue weighted by Gasteiger charge is 2.62. The standard InChI is InChI=1S/C56H85N3O19/c1-29(2)14-13-15-30(3)42-18-19-43-41-17-16-38-24-40(20-22-55(38,11)44(41)21-23-56(42,43)12)69-26-39-25-59(58-57-39)78-54-52(74-37(10)66)50(72-35(8)64)48(46(76-54)28-68-32(5)61)77-53-51(73-36(9)65)49(71-34(7)63)47(70-33(6)62)45(75-53)27-67-31(4)60/h25,29-30,38,40-54H,13-24,26-28H2,1-12H3/t30-,38?,40?,41+,42-,43+,44+,45-,46-,47-,48-,49+,50+,51-,52-,53-,54+,55+,56-/m1/s1. The van der Waals surface area contributed by atoms with Crippen LogP contribution in [0, 0.1) is 52.3 Å². The number of ether oxygens (including phenoxy) is 11. The predicted molar refractivity (Wildman–Crippen MR) is 271 cm³/mol. The number of hydrogen-bond acceptors (Lipinski definition) is 21. The summed E-state index contributed by atoms with van der Waals surface area (Å²) >= 11 is 0. The van der Waals surface area contributed by atoms with Crippen LogP contribution in [0.4, 0.5) is 0 Å². The minimum absolute atomic E-state index is 0.0305. The van der Waals surface area contributed by atoms with Gasteiger partial charge in [-0.3, -0.25) is 33.6 Å². The van der Waals surface area contributed by atoms with Crippen LogP contribution in [0.1, 0.15) is 166 Å². The van der Waals surface area contributed by atoms with E-state index >= 15 is 0 Å². The second-order valence-electron chi connectivity index (χ2n) is 23.8. The SMILES string of the molecule is CC(=O)OC[C@H]1O[C@H](O[C@H]2[C@H](OC(C)=O)[C@@H](OC(C)=O)[C@H](On3cc(COC4CC[C@@]5(C)C(CC[C@H]6[C@@H]7CC[C@H]([C@H](C)CCCC(C)C)[C@@]7(C)CC[C@@H]65)C4)nn3)O[C@@H]2COC(C)=O)[C@H](OC(C)=O)[C@@H](OC(C)=O)[C@@H]1OC(C)=O. The van der Waals surface area contributed by atoms with Crippen molar-refractivity contribution in [2.24, 2.45) is 52.3 Å². The molecule has 78 heavy (non-hydrogen) atoms. The van der Waals surface area contributed by atoms with Crippen LogP contribution in [-0.4, -0.2) is 138 Å². The molecule has 0 bridgehead atoms. The molecular weight excluding hydrogens is 1020 g/mol. The van der Waals surface area contributed by atoms with Crippen LogP contribution in [0.15, 0.2) is 6.20 Å². The summed E-state index contributed by atoms with van der Waals surface area (Å²) in [4.78, 5) is 94.9. The molecule has 22 nitrogen and oxygen atoms in total. The molecule has 4 saturated carbocycles. The molecule has 2 saturated heterocycles. The molecule has 1 aromatic rings. The summed E-state index contributed by atoms with van der Waals surface area (Å²) in [7, 11) is 0. The molecule has 19 atom stereocenters. The van der Waals surface area contributed by atoms with Crippen molar-refractivity contribution in [2.45, 2.75) is 234 Å². The fourth-order valence-electron chi connectivity index (χ4n) is 14.7. The molecule has 2 unspecified atom stereocenters. The van der Waals surface area contributed by atoms with Crippen LogP contribution in [0.2, 0.25) is 0 Å². The lowest BCUT2D eigenvalue weighted by Gasteiger charge is -2.61. The van der Waals surface area contributed by atoms with Gasteiger partial charge in [0.1, 0.15) is 37.2 Å². The fraction of sp³-hybridized carbons (Fsp3) is 0.839. The maximum atomic E-state index is 13.0. The molecule has 2 aliphatic heterocycles. The van der Waals surface area contributed by atoms with Crippen molar-refractivity contribution in [3.63, 3.8) is 0 Å². The molecule has 0 N–H and O–H groups in total. The highest BCUT2D eigenvalue weighted by molar-refractivity contribution is 5.69. The Bertz CT molecular complexity index is 2280. The van der Waals surface area contributed by atoms with E-state index in [4.69, 9.17) is 56.9 Å². The molecule has 6 fully saturated rings. The number of aromatic nitrogens is 3. The van der Waals surface area contributed by atoms with Crippen molar-refractivity contribution in [3.8, 4) is 0 Å². The van der Waals surface area contributed by atoms with Gasteiger partial charge >= 0.3 is 41.8 Å². The van der Waals surface area contributed by atoms with Gasteiger partial charge in [-0.25, -0.2) is 0 Å². The Morgan fingerprint density at radius 2 is 1.15 bits per heavy atom. The maximum Gasteiger partial charge on any atom is 0.303 e. The average Bonchev–Trinajstić information content (AvgIpc) is 4.13. The van der Waals surface area contributed by atoms with Gasteiger partial charge in [0, 0.05) is 48.5 Å². The monoisotopic (exact) mass is 1100 g/mol. The first kappa shape index (κ1) is 60.7. The van der Waals surface area contributed by atoms with Crippen LogP contribution >= 0.6 is 0 Å². The summed E-state index contributed by atoms with van der Waals surface area (Å²) in [6.07, 6.45) is 0.228. The zero-order chi connectivity index (χ0) is 56.8. The molecule has 0 spiro atoms. The Balaban J connectivity index is 1.05. The largest absolute Gasteiger partial charge is 0.463 e. The van der Waals surface area contributed by atoms with E-state index in [-0.39, 0.29) is 18.1 Å². The van der Waals surface area contributed by atoms with Crippen molar-refractivity contribution >= 4 is 41.8 Å². The Labute approximate surface area is 457 Å². The number of rotatable bonds is 21. The summed E-state index contributed by atoms with van der Waals surface area (Å²) in [6, 6.07) is 0. The molecule has 22 heteroatoms. The highest BCUT2D eigenvalue weighted by atomic mass is 16.8. The fourth-order valence-corrected chi connectivity index (χ4v) is 14.7. The smallest absolute Gasteiger partial charge is 0.303 e. The van der Waals surface area contributed by atoms with Gasteiger partial charge < -0.3 is 56.9 Å². The Morgan fingerprint density at radius 1 is 0.615 bits per heavy atom. The molecule has 7 rings (SSSR count). The van der Waals surface area contributed by atoms with Gasteiger partial charge in [-0.15, -0.1) is 5.10 Å². The van der Waals surface area contributed by atoms with Crippen LogP contribution in [0.5, 0.6) is 0 Å². The molecule has 438 valence electrons. The van der Waals surface area contributed by atoms with Gasteiger partial charge in [0.15, 0.2) is 30.7 Å². The molecule has 6 aliphatic rings. The number of carbonyl (C=O) groups excluding carboxylic acids is 7. The van der Waals surface area contributed by atoms with Gasteiger partial charge in [0.25, 0.3) is 6.29 Å². The molecule has 0 radical (unpaired) electrons. The molecular formula is C56H85N3O19. The van der Waals surface area contributed by atoms with E-state index < -0.39 is 116 Å². The zero-order valence-corrected chi connectivity index (χ0v) is 47.7. The van der Waals surface area contributed by atoms with Gasteiger partial charge in [-0.2, -0.15) is 0 Å². The Hall–Kier alpha value is -4.93. The summed E-state index contributed by atoms with van der Waals surface area (Å²) in [5.41, 5.74) is 1.16. The second kappa shape index (κ2) is 26.1. The first-order chi connectivity index (χ1) is 36.9. The van der Waals surface area contributed by atoms with Gasteiger partial charge in [-0.05, 0) is 115 Å². The summed E-state index contributed by atoms with van der Waals surface area (Å²) in [5.74, 6) is -0.651. The first-order valence-electron chi connectivity index (χ1n) is 28.2. The third-order valence-corrected chi connectivity index (χ3v) is 17.9. The van der Waals surface area contributed by atoms with Crippen LogP contribution in [0.3, 0.4) is 0 Å². The topological polar surface area (TPSA) is 261 Å². The zero-order valence-electron chi connectivity index (χ0n) is 47.7. The summed E-state index contributed by atoms with van der Waals surface area (Å²) < 4.78 is 64.3. The van der Waals surface area contributed by atoms with Crippen molar-refractivity contribution in [1.82, 2.24) is 15.2 Å². The van der Waals surface area contributed by atoms with Gasteiger partial charge in [0.05, 0.1) is 18.9 Å². The van der Waals surface area contributed by atoms with E-state index in [1.165, 1.54) is 64.0 Å². The van der Waals surface area contributed by atoms with Crippen LogP contribution in [-0.2, 0) is 92.3 Å². The van der Waals surface area contributed by atoms with Crippen molar-refractivity contribution in [3.05, 3.63) is 11.9 Å². The van der Waals surface area contributed by atoms with Crippen LogP contribution in [0.25, 0.3) is 0 Å². The number of esters is 7. The number of fused-ring (bicyclic) bond motifs is 5.